The fourth-order valence-electron chi connectivity index (χ4n) is 4.69. The van der Waals surface area contributed by atoms with Gasteiger partial charge in [0.2, 0.25) is 11.8 Å². The van der Waals surface area contributed by atoms with Crippen molar-refractivity contribution in [2.75, 3.05) is 17.9 Å². The number of anilines is 1. The minimum atomic E-state index is -4.10. The Balaban J connectivity index is 1.78. The quantitative estimate of drug-likeness (QED) is 0.279. The standard InChI is InChI=1S/C33H35N3O4S/c1-25-17-19-29(20-18-25)36(41(39,40)30-15-8-5-9-16-30)24-32(37)35(23-28-14-10-11-26(2)21-28)31(33(38)34-3)22-27-12-6-4-7-13-27/h4-21,31H,22-24H2,1-3H3,(H,34,38)/t31-/m1/s1. The highest BCUT2D eigenvalue weighted by atomic mass is 32.2. The van der Waals surface area contributed by atoms with Crippen LogP contribution in [-0.4, -0.2) is 44.8 Å². The van der Waals surface area contributed by atoms with E-state index in [0.29, 0.717) is 5.69 Å². The van der Waals surface area contributed by atoms with Crippen molar-refractivity contribution >= 4 is 27.5 Å². The average molecular weight is 570 g/mol. The van der Waals surface area contributed by atoms with Crippen LogP contribution in [0, 0.1) is 13.8 Å². The number of hydrogen-bond acceptors (Lipinski definition) is 4. The van der Waals surface area contributed by atoms with Crippen LogP contribution in [0.3, 0.4) is 0 Å². The fourth-order valence-corrected chi connectivity index (χ4v) is 6.12. The van der Waals surface area contributed by atoms with E-state index in [1.165, 1.54) is 24.1 Å². The molecule has 2 amide bonds. The van der Waals surface area contributed by atoms with Crippen LogP contribution in [0.25, 0.3) is 0 Å². The summed E-state index contributed by atoms with van der Waals surface area (Å²) in [4.78, 5) is 29.1. The largest absolute Gasteiger partial charge is 0.357 e. The van der Waals surface area contributed by atoms with Crippen molar-refractivity contribution in [3.63, 3.8) is 0 Å². The van der Waals surface area contributed by atoms with E-state index in [4.69, 9.17) is 0 Å². The number of likely N-dealkylation sites (N-methyl/N-ethyl adjacent to an activating group) is 1. The Bertz CT molecular complexity index is 1570. The zero-order valence-electron chi connectivity index (χ0n) is 23.5. The first kappa shape index (κ1) is 29.6. The topological polar surface area (TPSA) is 86.8 Å². The summed E-state index contributed by atoms with van der Waals surface area (Å²) >= 11 is 0. The van der Waals surface area contributed by atoms with Crippen molar-refractivity contribution in [3.8, 4) is 0 Å². The van der Waals surface area contributed by atoms with Crippen LogP contribution in [0.2, 0.25) is 0 Å². The van der Waals surface area contributed by atoms with Gasteiger partial charge in [0.15, 0.2) is 0 Å². The Morgan fingerprint density at radius 2 is 1.37 bits per heavy atom. The number of nitrogens with zero attached hydrogens (tertiary/aromatic N) is 2. The summed E-state index contributed by atoms with van der Waals surface area (Å²) in [6, 6.07) is 31.4. The molecule has 4 aromatic carbocycles. The highest BCUT2D eigenvalue weighted by molar-refractivity contribution is 7.92. The highest BCUT2D eigenvalue weighted by Gasteiger charge is 2.34. The number of nitrogens with one attached hydrogen (secondary N) is 1. The van der Waals surface area contributed by atoms with Gasteiger partial charge in [-0.1, -0.05) is 96.1 Å². The van der Waals surface area contributed by atoms with Crippen LogP contribution in [0.15, 0.2) is 114 Å². The van der Waals surface area contributed by atoms with E-state index in [9.17, 15) is 18.0 Å². The van der Waals surface area contributed by atoms with Gasteiger partial charge in [-0.2, -0.15) is 0 Å². The summed E-state index contributed by atoms with van der Waals surface area (Å²) in [6.45, 7) is 3.53. The highest BCUT2D eigenvalue weighted by Crippen LogP contribution is 2.25. The van der Waals surface area contributed by atoms with Gasteiger partial charge in [-0.15, -0.1) is 0 Å². The molecule has 0 aliphatic rings. The maximum atomic E-state index is 14.3. The summed E-state index contributed by atoms with van der Waals surface area (Å²) in [7, 11) is -2.56. The van der Waals surface area contributed by atoms with Gasteiger partial charge in [0, 0.05) is 20.0 Å². The van der Waals surface area contributed by atoms with E-state index >= 15 is 0 Å². The molecule has 0 aliphatic heterocycles. The van der Waals surface area contributed by atoms with Crippen molar-refractivity contribution in [3.05, 3.63) is 131 Å². The lowest BCUT2D eigenvalue weighted by atomic mass is 10.0. The van der Waals surface area contributed by atoms with Crippen LogP contribution in [0.1, 0.15) is 22.3 Å². The predicted molar refractivity (Wildman–Crippen MR) is 162 cm³/mol. The number of rotatable bonds is 11. The lowest BCUT2D eigenvalue weighted by Crippen LogP contribution is -2.53. The van der Waals surface area contributed by atoms with Crippen LogP contribution >= 0.6 is 0 Å². The SMILES string of the molecule is CNC(=O)[C@@H](Cc1ccccc1)N(Cc1cccc(C)c1)C(=O)CN(c1ccc(C)cc1)S(=O)(=O)c1ccccc1. The summed E-state index contributed by atoms with van der Waals surface area (Å²) in [6.07, 6.45) is 0.272. The summed E-state index contributed by atoms with van der Waals surface area (Å²) in [5.74, 6) is -0.821. The number of hydrogen-bond donors (Lipinski definition) is 1. The molecule has 4 aromatic rings. The van der Waals surface area contributed by atoms with Crippen LogP contribution in [-0.2, 0) is 32.6 Å². The summed E-state index contributed by atoms with van der Waals surface area (Å²) in [5.41, 5.74) is 4.06. The zero-order valence-corrected chi connectivity index (χ0v) is 24.3. The molecule has 1 N–H and O–H groups in total. The summed E-state index contributed by atoms with van der Waals surface area (Å²) in [5, 5.41) is 2.70. The van der Waals surface area contributed by atoms with E-state index in [1.54, 1.807) is 42.5 Å². The molecule has 0 saturated heterocycles. The van der Waals surface area contributed by atoms with Crippen LogP contribution < -0.4 is 9.62 Å². The molecule has 0 bridgehead atoms. The molecule has 7 nitrogen and oxygen atoms in total. The molecule has 0 unspecified atom stereocenters. The third-order valence-electron chi connectivity index (χ3n) is 6.88. The molecular weight excluding hydrogens is 534 g/mol. The van der Waals surface area contributed by atoms with Crippen LogP contribution in [0.5, 0.6) is 0 Å². The van der Waals surface area contributed by atoms with E-state index < -0.39 is 28.5 Å². The molecule has 0 heterocycles. The average Bonchev–Trinajstić information content (AvgIpc) is 2.98. The first-order valence-electron chi connectivity index (χ1n) is 13.4. The molecule has 41 heavy (non-hydrogen) atoms. The fraction of sp³-hybridized carbons (Fsp3) is 0.212. The van der Waals surface area contributed by atoms with Gasteiger partial charge in [0.05, 0.1) is 10.6 Å². The molecule has 4 rings (SSSR count). The Morgan fingerprint density at radius 1 is 0.756 bits per heavy atom. The number of carbonyl (C=O) groups is 2. The monoisotopic (exact) mass is 569 g/mol. The molecule has 0 spiro atoms. The molecular formula is C33H35N3O4S. The minimum Gasteiger partial charge on any atom is -0.357 e. The first-order valence-corrected chi connectivity index (χ1v) is 14.9. The smallest absolute Gasteiger partial charge is 0.264 e. The third kappa shape index (κ3) is 7.41. The molecule has 0 saturated carbocycles. The second-order valence-electron chi connectivity index (χ2n) is 9.99. The van der Waals surface area contributed by atoms with Crippen LogP contribution in [0.4, 0.5) is 5.69 Å². The third-order valence-corrected chi connectivity index (χ3v) is 8.67. The molecule has 0 fully saturated rings. The molecule has 0 aromatic heterocycles. The molecule has 0 radical (unpaired) electrons. The van der Waals surface area contributed by atoms with Gasteiger partial charge < -0.3 is 10.2 Å². The van der Waals surface area contributed by atoms with Crippen molar-refractivity contribution in [1.29, 1.82) is 0 Å². The summed E-state index contributed by atoms with van der Waals surface area (Å²) < 4.78 is 28.9. The number of amides is 2. The maximum Gasteiger partial charge on any atom is 0.264 e. The molecule has 1 atom stereocenters. The molecule has 0 aliphatic carbocycles. The van der Waals surface area contributed by atoms with Gasteiger partial charge >= 0.3 is 0 Å². The molecule has 212 valence electrons. The number of sulfonamides is 1. The lowest BCUT2D eigenvalue weighted by Gasteiger charge is -2.33. The Morgan fingerprint density at radius 3 is 1.98 bits per heavy atom. The number of aryl methyl sites for hydroxylation is 2. The number of carbonyl (C=O) groups excluding carboxylic acids is 2. The van der Waals surface area contributed by atoms with E-state index in [0.717, 1.165) is 26.6 Å². The predicted octanol–water partition coefficient (Wildman–Crippen LogP) is 4.88. The van der Waals surface area contributed by atoms with Gasteiger partial charge in [0.25, 0.3) is 10.0 Å². The Kier molecular flexibility index (Phi) is 9.57. The number of benzene rings is 4. The zero-order chi connectivity index (χ0) is 29.4. The second kappa shape index (κ2) is 13.3. The van der Waals surface area contributed by atoms with E-state index in [2.05, 4.69) is 5.32 Å². The Hall–Kier alpha value is -4.43. The van der Waals surface area contributed by atoms with Crippen molar-refractivity contribution in [1.82, 2.24) is 10.2 Å². The minimum absolute atomic E-state index is 0.0748. The second-order valence-corrected chi connectivity index (χ2v) is 11.9. The van der Waals surface area contributed by atoms with Gasteiger partial charge in [-0.25, -0.2) is 8.42 Å². The van der Waals surface area contributed by atoms with Gasteiger partial charge in [0.1, 0.15) is 12.6 Å². The van der Waals surface area contributed by atoms with Crippen molar-refractivity contribution in [2.45, 2.75) is 37.8 Å². The lowest BCUT2D eigenvalue weighted by molar-refractivity contribution is -0.139. The first-order chi connectivity index (χ1) is 19.7. The van der Waals surface area contributed by atoms with Gasteiger partial charge in [-0.05, 0) is 49.2 Å². The van der Waals surface area contributed by atoms with Crippen molar-refractivity contribution in [2.24, 2.45) is 0 Å². The normalized spacial score (nSPS) is 11.9. The Labute approximate surface area is 242 Å². The molecule has 8 heteroatoms. The van der Waals surface area contributed by atoms with Crippen molar-refractivity contribution < 1.29 is 18.0 Å². The van der Waals surface area contributed by atoms with E-state index in [1.807, 2.05) is 68.4 Å². The van der Waals surface area contributed by atoms with Gasteiger partial charge in [-0.3, -0.25) is 13.9 Å². The van der Waals surface area contributed by atoms with E-state index in [-0.39, 0.29) is 23.8 Å². The maximum absolute atomic E-state index is 14.3.